The molecule has 1 atom stereocenters. The van der Waals surface area contributed by atoms with Crippen LogP contribution in [0.2, 0.25) is 0 Å². The van der Waals surface area contributed by atoms with Crippen LogP contribution in [-0.2, 0) is 6.42 Å². The molecule has 1 aromatic carbocycles. The van der Waals surface area contributed by atoms with Crippen LogP contribution in [0.1, 0.15) is 12.5 Å². The highest BCUT2D eigenvalue weighted by molar-refractivity contribution is 5.50. The molecule has 4 nitrogen and oxygen atoms in total. The van der Waals surface area contributed by atoms with E-state index >= 15 is 0 Å². The van der Waals surface area contributed by atoms with Crippen molar-refractivity contribution in [1.82, 2.24) is 0 Å². The van der Waals surface area contributed by atoms with Gasteiger partial charge in [0, 0.05) is 18.1 Å². The summed E-state index contributed by atoms with van der Waals surface area (Å²) in [6.07, 6.45) is -0.0486. The van der Waals surface area contributed by atoms with Gasteiger partial charge in [-0.2, -0.15) is 0 Å². The molecule has 2 N–H and O–H groups in total. The third-order valence-corrected chi connectivity index (χ3v) is 2.10. The molecule has 15 heavy (non-hydrogen) atoms. The van der Waals surface area contributed by atoms with Crippen LogP contribution < -0.4 is 9.47 Å². The minimum atomic E-state index is -0.480. The van der Waals surface area contributed by atoms with E-state index in [1.165, 1.54) is 14.2 Å². The van der Waals surface area contributed by atoms with E-state index in [-0.39, 0.29) is 5.75 Å². The summed E-state index contributed by atoms with van der Waals surface area (Å²) in [5.74, 6) is 1.01. The van der Waals surface area contributed by atoms with Crippen LogP contribution in [0.3, 0.4) is 0 Å². The molecule has 0 aliphatic heterocycles. The van der Waals surface area contributed by atoms with Crippen LogP contribution in [0.4, 0.5) is 0 Å². The van der Waals surface area contributed by atoms with Crippen molar-refractivity contribution in [3.63, 3.8) is 0 Å². The smallest absolute Gasteiger partial charge is 0.164 e. The number of aromatic hydroxyl groups is 1. The summed E-state index contributed by atoms with van der Waals surface area (Å²) in [5.41, 5.74) is 0.755. The van der Waals surface area contributed by atoms with Gasteiger partial charge in [-0.1, -0.05) is 0 Å². The first-order chi connectivity index (χ1) is 7.08. The zero-order valence-electron chi connectivity index (χ0n) is 9.15. The van der Waals surface area contributed by atoms with Gasteiger partial charge in [0.2, 0.25) is 0 Å². The van der Waals surface area contributed by atoms with Crippen molar-refractivity contribution in [3.05, 3.63) is 17.7 Å². The molecule has 4 heteroatoms. The van der Waals surface area contributed by atoms with Crippen molar-refractivity contribution in [3.8, 4) is 17.2 Å². The van der Waals surface area contributed by atoms with Gasteiger partial charge in [0.1, 0.15) is 5.75 Å². The number of aliphatic hydroxyl groups is 1. The fourth-order valence-electron chi connectivity index (χ4n) is 1.42. The number of phenols is 1. The predicted octanol–water partition coefficient (Wildman–Crippen LogP) is 1.33. The van der Waals surface area contributed by atoms with Crippen LogP contribution in [0.25, 0.3) is 0 Å². The highest BCUT2D eigenvalue weighted by atomic mass is 16.5. The second kappa shape index (κ2) is 4.89. The van der Waals surface area contributed by atoms with Gasteiger partial charge in [-0.3, -0.25) is 0 Å². The SMILES string of the molecule is COc1cc(OC)c(CC(C)O)cc1O. The molecule has 84 valence electrons. The van der Waals surface area contributed by atoms with Crippen molar-refractivity contribution in [2.24, 2.45) is 0 Å². The Hall–Kier alpha value is -1.42. The number of rotatable bonds is 4. The fourth-order valence-corrected chi connectivity index (χ4v) is 1.42. The number of aliphatic hydroxyl groups excluding tert-OH is 1. The number of benzene rings is 1. The average molecular weight is 212 g/mol. The molecular formula is C11H16O4. The Morgan fingerprint density at radius 2 is 1.80 bits per heavy atom. The van der Waals surface area contributed by atoms with E-state index in [1.807, 2.05) is 0 Å². The lowest BCUT2D eigenvalue weighted by Crippen LogP contribution is -2.05. The summed E-state index contributed by atoms with van der Waals surface area (Å²) in [4.78, 5) is 0. The van der Waals surface area contributed by atoms with Crippen molar-refractivity contribution >= 4 is 0 Å². The highest BCUT2D eigenvalue weighted by Crippen LogP contribution is 2.34. The normalized spacial score (nSPS) is 12.3. The quantitative estimate of drug-likeness (QED) is 0.790. The number of phenolic OH excluding ortho intramolecular Hbond substituents is 1. The summed E-state index contributed by atoms with van der Waals surface area (Å²) in [6.45, 7) is 1.68. The maximum Gasteiger partial charge on any atom is 0.164 e. The molecule has 1 rings (SSSR count). The molecule has 1 aromatic rings. The van der Waals surface area contributed by atoms with E-state index in [0.717, 1.165) is 5.56 Å². The van der Waals surface area contributed by atoms with Gasteiger partial charge in [0.15, 0.2) is 11.5 Å². The Morgan fingerprint density at radius 1 is 1.20 bits per heavy atom. The molecule has 0 bridgehead atoms. The molecule has 0 radical (unpaired) electrons. The highest BCUT2D eigenvalue weighted by Gasteiger charge is 2.11. The molecule has 0 spiro atoms. The molecule has 1 unspecified atom stereocenters. The minimum Gasteiger partial charge on any atom is -0.504 e. The molecule has 0 saturated heterocycles. The molecule has 0 aromatic heterocycles. The van der Waals surface area contributed by atoms with E-state index in [1.54, 1.807) is 19.1 Å². The molecule has 0 amide bonds. The number of ether oxygens (including phenoxy) is 2. The third-order valence-electron chi connectivity index (χ3n) is 2.10. The maximum atomic E-state index is 9.56. The standard InChI is InChI=1S/C11H16O4/c1-7(12)4-8-5-9(13)11(15-3)6-10(8)14-2/h5-7,12-13H,4H2,1-3H3. The summed E-state index contributed by atoms with van der Waals surface area (Å²) < 4.78 is 10.1. The summed E-state index contributed by atoms with van der Waals surface area (Å²) in [6, 6.07) is 3.15. The number of methoxy groups -OCH3 is 2. The minimum absolute atomic E-state index is 0.0500. The second-order valence-corrected chi connectivity index (χ2v) is 3.39. The first-order valence-electron chi connectivity index (χ1n) is 4.70. The van der Waals surface area contributed by atoms with Gasteiger partial charge < -0.3 is 19.7 Å². The molecule has 0 saturated carbocycles. The van der Waals surface area contributed by atoms with E-state index < -0.39 is 6.10 Å². The topological polar surface area (TPSA) is 58.9 Å². The molecule has 0 aliphatic carbocycles. The largest absolute Gasteiger partial charge is 0.504 e. The van der Waals surface area contributed by atoms with Gasteiger partial charge >= 0.3 is 0 Å². The first-order valence-corrected chi connectivity index (χ1v) is 4.70. The van der Waals surface area contributed by atoms with Crippen molar-refractivity contribution < 1.29 is 19.7 Å². The van der Waals surface area contributed by atoms with Crippen LogP contribution in [-0.4, -0.2) is 30.5 Å². The Labute approximate surface area is 89.1 Å². The average Bonchev–Trinajstić information content (AvgIpc) is 2.17. The molecule has 0 aliphatic rings. The molecule has 0 fully saturated rings. The van der Waals surface area contributed by atoms with Gasteiger partial charge in [0.05, 0.1) is 20.3 Å². The van der Waals surface area contributed by atoms with Crippen molar-refractivity contribution in [2.45, 2.75) is 19.4 Å². The summed E-state index contributed by atoms with van der Waals surface area (Å²) >= 11 is 0. The number of hydrogen-bond donors (Lipinski definition) is 2. The Balaban J connectivity index is 3.09. The zero-order chi connectivity index (χ0) is 11.4. The van der Waals surface area contributed by atoms with Gasteiger partial charge in [0.25, 0.3) is 0 Å². The Morgan fingerprint density at radius 3 is 2.27 bits per heavy atom. The lowest BCUT2D eigenvalue weighted by Gasteiger charge is -2.13. The lowest BCUT2D eigenvalue weighted by atomic mass is 10.1. The van der Waals surface area contributed by atoms with Crippen molar-refractivity contribution in [1.29, 1.82) is 0 Å². The maximum absolute atomic E-state index is 9.56. The fraction of sp³-hybridized carbons (Fsp3) is 0.455. The molecule has 0 heterocycles. The van der Waals surface area contributed by atoms with Crippen LogP contribution in [0, 0.1) is 0 Å². The van der Waals surface area contributed by atoms with Gasteiger partial charge in [-0.05, 0) is 13.0 Å². The Bertz CT molecular complexity index is 334. The van der Waals surface area contributed by atoms with Gasteiger partial charge in [-0.25, -0.2) is 0 Å². The lowest BCUT2D eigenvalue weighted by molar-refractivity contribution is 0.194. The summed E-state index contributed by atoms with van der Waals surface area (Å²) in [5, 5.41) is 18.8. The van der Waals surface area contributed by atoms with Crippen LogP contribution in [0.5, 0.6) is 17.2 Å². The predicted molar refractivity (Wildman–Crippen MR) is 56.6 cm³/mol. The van der Waals surface area contributed by atoms with E-state index in [9.17, 15) is 10.2 Å². The van der Waals surface area contributed by atoms with Crippen LogP contribution >= 0.6 is 0 Å². The second-order valence-electron chi connectivity index (χ2n) is 3.39. The zero-order valence-corrected chi connectivity index (χ0v) is 9.15. The summed E-state index contributed by atoms with van der Waals surface area (Å²) in [7, 11) is 3.01. The van der Waals surface area contributed by atoms with E-state index in [2.05, 4.69) is 0 Å². The van der Waals surface area contributed by atoms with E-state index in [4.69, 9.17) is 9.47 Å². The Kier molecular flexibility index (Phi) is 3.80. The third kappa shape index (κ3) is 2.76. The van der Waals surface area contributed by atoms with Crippen molar-refractivity contribution in [2.75, 3.05) is 14.2 Å². The molecular weight excluding hydrogens is 196 g/mol. The van der Waals surface area contributed by atoms with Crippen LogP contribution in [0.15, 0.2) is 12.1 Å². The first kappa shape index (κ1) is 11.7. The van der Waals surface area contributed by atoms with E-state index in [0.29, 0.717) is 17.9 Å². The monoisotopic (exact) mass is 212 g/mol. The number of hydrogen-bond acceptors (Lipinski definition) is 4. The van der Waals surface area contributed by atoms with Gasteiger partial charge in [-0.15, -0.1) is 0 Å².